The van der Waals surface area contributed by atoms with Crippen LogP contribution < -0.4 is 0 Å². The van der Waals surface area contributed by atoms with E-state index in [9.17, 15) is 9.59 Å². The molecule has 0 aliphatic carbocycles. The summed E-state index contributed by atoms with van der Waals surface area (Å²) in [6.45, 7) is 21.3. The second-order valence-electron chi connectivity index (χ2n) is 19.2. The van der Waals surface area contributed by atoms with Crippen molar-refractivity contribution in [1.29, 1.82) is 0 Å². The first-order valence-corrected chi connectivity index (χ1v) is 27.7. The Kier molecular flexibility index (Phi) is 53.6. The first-order chi connectivity index (χ1) is 30.8. The molecule has 0 aromatic rings. The molecule has 0 radical (unpaired) electrons. The smallest absolute Gasteiger partial charge is 0.305 e. The molecule has 0 N–H and O–H groups in total. The highest BCUT2D eigenvalue weighted by Crippen LogP contribution is 2.25. The molecular weight excluding hydrogens is 777 g/mol. The van der Waals surface area contributed by atoms with E-state index in [1.165, 1.54) is 148 Å². The fraction of sp³-hybridized carbons (Fsp3) is 0.895. The zero-order chi connectivity index (χ0) is 46.7. The van der Waals surface area contributed by atoms with Crippen molar-refractivity contribution >= 4 is 11.8 Å². The molecule has 6 nitrogen and oxygen atoms in total. The van der Waals surface area contributed by atoms with Crippen LogP contribution in [0.4, 0.5) is 0 Å². The molecule has 0 spiro atoms. The number of ketones is 1. The summed E-state index contributed by atoms with van der Waals surface area (Å²) in [6, 6.07) is 0. The van der Waals surface area contributed by atoms with E-state index in [1.807, 2.05) is 12.2 Å². The second-order valence-corrected chi connectivity index (χ2v) is 19.2. The molecule has 0 aromatic carbocycles. The van der Waals surface area contributed by atoms with Gasteiger partial charge in [0.15, 0.2) is 5.78 Å². The normalized spacial score (nSPS) is 11.7. The number of ether oxygens (including phenoxy) is 2. The summed E-state index contributed by atoms with van der Waals surface area (Å²) in [5.41, 5.74) is 0. The van der Waals surface area contributed by atoms with Gasteiger partial charge in [-0.1, -0.05) is 194 Å². The second kappa shape index (κ2) is 53.1. The lowest BCUT2D eigenvalue weighted by atomic mass is 9.90. The summed E-state index contributed by atoms with van der Waals surface area (Å²) in [7, 11) is 4.12. The molecule has 0 amide bonds. The van der Waals surface area contributed by atoms with Crippen LogP contribution in [0.2, 0.25) is 0 Å². The van der Waals surface area contributed by atoms with Crippen molar-refractivity contribution in [3.63, 3.8) is 0 Å². The van der Waals surface area contributed by atoms with Gasteiger partial charge < -0.3 is 19.3 Å². The van der Waals surface area contributed by atoms with E-state index >= 15 is 0 Å². The Morgan fingerprint density at radius 3 is 1.41 bits per heavy atom. The van der Waals surface area contributed by atoms with E-state index in [2.05, 4.69) is 71.2 Å². The highest BCUT2D eigenvalue weighted by atomic mass is 16.5. The molecule has 0 bridgehead atoms. The number of carbonyl (C=O) groups excluding carboxylic acids is 2. The van der Waals surface area contributed by atoms with Gasteiger partial charge in [0.1, 0.15) is 0 Å². The first-order valence-electron chi connectivity index (χ1n) is 27.7. The van der Waals surface area contributed by atoms with Crippen molar-refractivity contribution in [2.75, 3.05) is 60.1 Å². The number of hydrogen-bond acceptors (Lipinski definition) is 6. The van der Waals surface area contributed by atoms with Crippen LogP contribution in [0, 0.1) is 11.8 Å². The van der Waals surface area contributed by atoms with Crippen molar-refractivity contribution in [3.8, 4) is 0 Å². The average molecular weight is 890 g/mol. The molecule has 63 heavy (non-hydrogen) atoms. The minimum Gasteiger partial charge on any atom is -0.466 e. The van der Waals surface area contributed by atoms with Gasteiger partial charge in [-0.2, -0.15) is 0 Å². The lowest BCUT2D eigenvalue weighted by molar-refractivity contribution is -0.144. The third-order valence-corrected chi connectivity index (χ3v) is 12.6. The maximum absolute atomic E-state index is 12.6. The zero-order valence-corrected chi connectivity index (χ0v) is 43.8. The molecule has 374 valence electrons. The van der Waals surface area contributed by atoms with Crippen LogP contribution in [0.25, 0.3) is 0 Å². The minimum absolute atomic E-state index is 0.0170. The Labute approximate surface area is 395 Å². The highest BCUT2D eigenvalue weighted by Gasteiger charge is 2.12. The molecule has 0 fully saturated rings. The number of rotatable bonds is 49. The third-order valence-electron chi connectivity index (χ3n) is 12.6. The summed E-state index contributed by atoms with van der Waals surface area (Å²) in [4.78, 5) is 29.7. The summed E-state index contributed by atoms with van der Waals surface area (Å²) < 4.78 is 11.5. The van der Waals surface area contributed by atoms with Gasteiger partial charge in [-0.15, -0.1) is 6.58 Å². The molecule has 0 rings (SSSR count). The number of nitrogens with zero attached hydrogens (tertiary/aromatic N) is 2. The predicted molar refractivity (Wildman–Crippen MR) is 278 cm³/mol. The van der Waals surface area contributed by atoms with E-state index in [0.29, 0.717) is 25.2 Å². The molecule has 0 heterocycles. The first kappa shape index (κ1) is 63.6. The van der Waals surface area contributed by atoms with Gasteiger partial charge in [-0.25, -0.2) is 0 Å². The summed E-state index contributed by atoms with van der Waals surface area (Å²) in [5.74, 6) is 1.96. The van der Waals surface area contributed by atoms with E-state index in [0.717, 1.165) is 115 Å². The van der Waals surface area contributed by atoms with Crippen LogP contribution in [0.15, 0.2) is 24.8 Å². The summed E-state index contributed by atoms with van der Waals surface area (Å²) >= 11 is 0. The Balaban J connectivity index is 0. The van der Waals surface area contributed by atoms with Crippen LogP contribution >= 0.6 is 0 Å². The molecule has 0 saturated heterocycles. The molecule has 0 aliphatic rings. The molecule has 0 unspecified atom stereocenters. The molecular formula is C57H112N2O4. The maximum atomic E-state index is 12.6. The Hall–Kier alpha value is -1.50. The van der Waals surface area contributed by atoms with Crippen LogP contribution in [-0.4, -0.2) is 81.6 Å². The molecule has 0 saturated carbocycles. The quantitative estimate of drug-likeness (QED) is 0.0262. The van der Waals surface area contributed by atoms with Gasteiger partial charge in [0.05, 0.1) is 13.2 Å². The number of hydrogen-bond donors (Lipinski definition) is 0. The largest absolute Gasteiger partial charge is 0.466 e. The van der Waals surface area contributed by atoms with Gasteiger partial charge in [-0.3, -0.25) is 9.59 Å². The molecule has 0 aliphatic heterocycles. The lowest BCUT2D eigenvalue weighted by Gasteiger charge is -2.22. The van der Waals surface area contributed by atoms with Crippen molar-refractivity contribution in [2.45, 2.75) is 259 Å². The number of allylic oxidation sites excluding steroid dienone is 2. The maximum Gasteiger partial charge on any atom is 0.305 e. The van der Waals surface area contributed by atoms with Gasteiger partial charge in [-0.05, 0) is 109 Å². The molecule has 0 atom stereocenters. The van der Waals surface area contributed by atoms with E-state index in [-0.39, 0.29) is 5.97 Å². The molecule has 6 heteroatoms. The van der Waals surface area contributed by atoms with Gasteiger partial charge in [0, 0.05) is 32.5 Å². The minimum atomic E-state index is -0.0170. The van der Waals surface area contributed by atoms with Gasteiger partial charge in [0.2, 0.25) is 0 Å². The highest BCUT2D eigenvalue weighted by molar-refractivity contribution is 5.89. The van der Waals surface area contributed by atoms with E-state index in [4.69, 9.17) is 9.47 Å². The number of carbonyl (C=O) groups is 2. The standard InChI is InChI=1S/C51H99NO4.C6H13N/c1-6-11-15-22-33-48(34-23-16-12-7-2)37-26-19-27-39-50(53)40-28-20-30-42-52(44-47-55-45-10-5)43-31-21-29-41-51(54)56-46-32-38-49(35-24-17-13-8-3)36-25-18-14-9-4;1-4-5-6-7(2)3/h27,39,48-49H,6-26,28-38,40-47H2,1-5H3;4H,1,5-6H2,2-3H3/b39-27-;. The van der Waals surface area contributed by atoms with Crippen LogP contribution in [0.1, 0.15) is 259 Å². The Morgan fingerprint density at radius 1 is 0.476 bits per heavy atom. The van der Waals surface area contributed by atoms with Crippen LogP contribution in [-0.2, 0) is 19.1 Å². The van der Waals surface area contributed by atoms with Crippen molar-refractivity contribution in [2.24, 2.45) is 11.8 Å². The SMILES string of the molecule is C=CCCN(C)C.CCCCCCC(CCC/C=C\C(=O)CCCCCN(CCCCCC(=O)OCCCC(CCCCCC)CCCCCC)CCOCCC)CCCCCC. The predicted octanol–water partition coefficient (Wildman–Crippen LogP) is 16.7. The monoisotopic (exact) mass is 889 g/mol. The number of unbranched alkanes of at least 4 members (excludes halogenated alkanes) is 17. The van der Waals surface area contributed by atoms with Crippen molar-refractivity contribution < 1.29 is 19.1 Å². The lowest BCUT2D eigenvalue weighted by Crippen LogP contribution is -2.30. The zero-order valence-electron chi connectivity index (χ0n) is 43.8. The average Bonchev–Trinajstić information content (AvgIpc) is 3.27. The molecule has 0 aromatic heterocycles. The van der Waals surface area contributed by atoms with Crippen molar-refractivity contribution in [1.82, 2.24) is 9.80 Å². The van der Waals surface area contributed by atoms with E-state index in [1.54, 1.807) is 0 Å². The third kappa shape index (κ3) is 51.3. The summed E-state index contributed by atoms with van der Waals surface area (Å²) in [6.07, 6.45) is 48.5. The number of esters is 1. The fourth-order valence-corrected chi connectivity index (χ4v) is 8.48. The fourth-order valence-electron chi connectivity index (χ4n) is 8.48. The van der Waals surface area contributed by atoms with E-state index < -0.39 is 0 Å². The van der Waals surface area contributed by atoms with Gasteiger partial charge in [0.25, 0.3) is 0 Å². The van der Waals surface area contributed by atoms with Crippen LogP contribution in [0.5, 0.6) is 0 Å². The topological polar surface area (TPSA) is 59.1 Å². The summed E-state index contributed by atoms with van der Waals surface area (Å²) in [5, 5.41) is 0. The van der Waals surface area contributed by atoms with Crippen LogP contribution in [0.3, 0.4) is 0 Å². The Morgan fingerprint density at radius 2 is 0.952 bits per heavy atom. The Bertz CT molecular complexity index is 944. The van der Waals surface area contributed by atoms with Gasteiger partial charge >= 0.3 is 5.97 Å². The van der Waals surface area contributed by atoms with Crippen molar-refractivity contribution in [3.05, 3.63) is 24.8 Å².